The second kappa shape index (κ2) is 8.30. The topological polar surface area (TPSA) is 49.8 Å². The van der Waals surface area contributed by atoms with Gasteiger partial charge in [0.2, 0.25) is 0 Å². The minimum atomic E-state index is -0.825. The molecule has 0 unspecified atom stereocenters. The summed E-state index contributed by atoms with van der Waals surface area (Å²) in [5.41, 5.74) is 0.469. The van der Waals surface area contributed by atoms with Crippen LogP contribution in [0.5, 0.6) is 0 Å². The summed E-state index contributed by atoms with van der Waals surface area (Å²) in [5.74, 6) is -0.825. The Morgan fingerprint density at radius 1 is 1.50 bits per heavy atom. The van der Waals surface area contributed by atoms with E-state index in [-0.39, 0.29) is 6.10 Å². The maximum Gasteiger partial charge on any atom is 0.331 e. The van der Waals surface area contributed by atoms with E-state index in [2.05, 4.69) is 0 Å². The Balaban J connectivity index is 3.86. The van der Waals surface area contributed by atoms with Gasteiger partial charge in [0.05, 0.1) is 12.7 Å². The first-order valence-electron chi connectivity index (χ1n) is 5.69. The Bertz CT molecular complexity index is 236. The number of nitrogens with zero attached hydrogens (tertiary/aromatic N) is 1. The molecular formula is C12H23NO3. The normalized spacial score (nSPS) is 12.5. The van der Waals surface area contributed by atoms with Gasteiger partial charge in [0.1, 0.15) is 0 Å². The quantitative estimate of drug-likeness (QED) is 0.644. The Kier molecular flexibility index (Phi) is 7.85. The van der Waals surface area contributed by atoms with E-state index in [1.165, 1.54) is 0 Å². The van der Waals surface area contributed by atoms with E-state index in [1.54, 1.807) is 6.08 Å². The molecular weight excluding hydrogens is 206 g/mol. The Morgan fingerprint density at radius 2 is 2.12 bits per heavy atom. The van der Waals surface area contributed by atoms with E-state index in [0.717, 1.165) is 6.54 Å². The highest BCUT2D eigenvalue weighted by Gasteiger charge is 2.04. The lowest BCUT2D eigenvalue weighted by Gasteiger charge is -2.16. The van der Waals surface area contributed by atoms with Crippen LogP contribution in [0.3, 0.4) is 0 Å². The largest absolute Gasteiger partial charge is 0.478 e. The van der Waals surface area contributed by atoms with Gasteiger partial charge in [0.25, 0.3) is 0 Å². The molecule has 0 atom stereocenters. The number of carboxylic acids is 1. The lowest BCUT2D eigenvalue weighted by atomic mass is 10.2. The van der Waals surface area contributed by atoms with Gasteiger partial charge in [-0.3, -0.25) is 0 Å². The molecule has 4 nitrogen and oxygen atoms in total. The zero-order chi connectivity index (χ0) is 12.6. The molecule has 0 aliphatic heterocycles. The minimum Gasteiger partial charge on any atom is -0.478 e. The summed E-state index contributed by atoms with van der Waals surface area (Å²) < 4.78 is 5.41. The molecule has 16 heavy (non-hydrogen) atoms. The Hall–Kier alpha value is -0.870. The molecule has 0 amide bonds. The van der Waals surface area contributed by atoms with Crippen molar-refractivity contribution in [3.05, 3.63) is 11.6 Å². The summed E-state index contributed by atoms with van der Waals surface area (Å²) in [5, 5.41) is 8.82. The van der Waals surface area contributed by atoms with E-state index in [9.17, 15) is 4.79 Å². The third-order valence-corrected chi connectivity index (χ3v) is 2.23. The third kappa shape index (κ3) is 7.43. The molecule has 0 saturated heterocycles. The van der Waals surface area contributed by atoms with E-state index < -0.39 is 5.97 Å². The summed E-state index contributed by atoms with van der Waals surface area (Å²) in [4.78, 5) is 12.8. The van der Waals surface area contributed by atoms with Crippen LogP contribution in [0.1, 0.15) is 27.2 Å². The molecule has 4 heteroatoms. The first kappa shape index (κ1) is 15.1. The predicted molar refractivity (Wildman–Crippen MR) is 64.6 cm³/mol. The van der Waals surface area contributed by atoms with E-state index in [0.29, 0.717) is 25.1 Å². The fraction of sp³-hybridized carbons (Fsp3) is 0.750. The Labute approximate surface area is 97.9 Å². The highest BCUT2D eigenvalue weighted by Crippen LogP contribution is 2.00. The van der Waals surface area contributed by atoms with Crippen LogP contribution < -0.4 is 0 Å². The highest BCUT2D eigenvalue weighted by atomic mass is 16.5. The maximum atomic E-state index is 10.7. The summed E-state index contributed by atoms with van der Waals surface area (Å²) in [6.07, 6.45) is 2.57. The summed E-state index contributed by atoms with van der Waals surface area (Å²) in [6, 6.07) is 0. The molecule has 0 aromatic rings. The van der Waals surface area contributed by atoms with Crippen LogP contribution >= 0.6 is 0 Å². The molecule has 0 aliphatic carbocycles. The fourth-order valence-electron chi connectivity index (χ4n) is 1.18. The third-order valence-electron chi connectivity index (χ3n) is 2.23. The molecule has 0 aromatic heterocycles. The second-order valence-corrected chi connectivity index (χ2v) is 4.07. The number of hydrogen-bond acceptors (Lipinski definition) is 3. The van der Waals surface area contributed by atoms with Crippen LogP contribution in [0.4, 0.5) is 0 Å². The van der Waals surface area contributed by atoms with Crippen LogP contribution in [-0.2, 0) is 9.53 Å². The number of rotatable bonds is 8. The number of hydrogen-bond donors (Lipinski definition) is 1. The van der Waals surface area contributed by atoms with Crippen molar-refractivity contribution in [2.24, 2.45) is 0 Å². The SMILES string of the molecule is CCC(=CCN(C)CCOC(C)C)C(=O)O. The molecule has 1 N–H and O–H groups in total. The average Bonchev–Trinajstić information content (AvgIpc) is 2.17. The van der Waals surface area contributed by atoms with Crippen LogP contribution in [0.2, 0.25) is 0 Å². The van der Waals surface area contributed by atoms with Gasteiger partial charge in [-0.05, 0) is 27.3 Å². The van der Waals surface area contributed by atoms with Crippen LogP contribution in [0, 0.1) is 0 Å². The van der Waals surface area contributed by atoms with Gasteiger partial charge in [0, 0.05) is 18.7 Å². The molecule has 94 valence electrons. The van der Waals surface area contributed by atoms with E-state index >= 15 is 0 Å². The van der Waals surface area contributed by atoms with Crippen LogP contribution in [0.15, 0.2) is 11.6 Å². The number of carboxylic acid groups (broad SMARTS) is 1. The first-order valence-corrected chi connectivity index (χ1v) is 5.69. The van der Waals surface area contributed by atoms with Gasteiger partial charge in [-0.15, -0.1) is 0 Å². The van der Waals surface area contributed by atoms with Crippen molar-refractivity contribution in [3.63, 3.8) is 0 Å². The van der Waals surface area contributed by atoms with Crippen molar-refractivity contribution in [2.45, 2.75) is 33.3 Å². The van der Waals surface area contributed by atoms with Crippen LogP contribution in [0.25, 0.3) is 0 Å². The number of ether oxygens (including phenoxy) is 1. The van der Waals surface area contributed by atoms with Crippen molar-refractivity contribution in [1.82, 2.24) is 4.90 Å². The number of aliphatic carboxylic acids is 1. The van der Waals surface area contributed by atoms with Gasteiger partial charge in [-0.25, -0.2) is 4.79 Å². The molecule has 0 radical (unpaired) electrons. The van der Waals surface area contributed by atoms with Gasteiger partial charge in [-0.2, -0.15) is 0 Å². The van der Waals surface area contributed by atoms with Gasteiger partial charge < -0.3 is 14.7 Å². The molecule has 0 saturated carbocycles. The summed E-state index contributed by atoms with van der Waals surface area (Å²) in [7, 11) is 1.95. The van der Waals surface area contributed by atoms with E-state index in [1.807, 2.05) is 32.7 Å². The highest BCUT2D eigenvalue weighted by molar-refractivity contribution is 5.86. The summed E-state index contributed by atoms with van der Waals surface area (Å²) in [6.45, 7) is 7.99. The smallest absolute Gasteiger partial charge is 0.331 e. The predicted octanol–water partition coefficient (Wildman–Crippen LogP) is 1.76. The molecule has 0 rings (SSSR count). The lowest BCUT2D eigenvalue weighted by Crippen LogP contribution is -2.25. The Morgan fingerprint density at radius 3 is 2.56 bits per heavy atom. The average molecular weight is 229 g/mol. The van der Waals surface area contributed by atoms with Gasteiger partial charge >= 0.3 is 5.97 Å². The molecule has 0 aromatic carbocycles. The zero-order valence-corrected chi connectivity index (χ0v) is 10.7. The standard InChI is InChI=1S/C12H23NO3/c1-5-11(12(14)15)6-7-13(4)8-9-16-10(2)3/h6,10H,5,7-9H2,1-4H3,(H,14,15). The number of carbonyl (C=O) groups is 1. The summed E-state index contributed by atoms with van der Waals surface area (Å²) >= 11 is 0. The van der Waals surface area contributed by atoms with E-state index in [4.69, 9.17) is 9.84 Å². The lowest BCUT2D eigenvalue weighted by molar-refractivity contribution is -0.132. The molecule has 0 fully saturated rings. The zero-order valence-electron chi connectivity index (χ0n) is 10.7. The first-order chi connectivity index (χ1) is 7.47. The minimum absolute atomic E-state index is 0.245. The second-order valence-electron chi connectivity index (χ2n) is 4.07. The molecule has 0 spiro atoms. The van der Waals surface area contributed by atoms with Gasteiger partial charge in [-0.1, -0.05) is 13.0 Å². The van der Waals surface area contributed by atoms with Crippen LogP contribution in [-0.4, -0.2) is 48.8 Å². The van der Waals surface area contributed by atoms with Crippen molar-refractivity contribution < 1.29 is 14.6 Å². The van der Waals surface area contributed by atoms with Crippen molar-refractivity contribution >= 4 is 5.97 Å². The number of likely N-dealkylation sites (N-methyl/N-ethyl adjacent to an activating group) is 1. The van der Waals surface area contributed by atoms with Crippen molar-refractivity contribution in [2.75, 3.05) is 26.7 Å². The maximum absolute atomic E-state index is 10.7. The van der Waals surface area contributed by atoms with Crippen molar-refractivity contribution in [1.29, 1.82) is 0 Å². The molecule has 0 bridgehead atoms. The van der Waals surface area contributed by atoms with Crippen molar-refractivity contribution in [3.8, 4) is 0 Å². The molecule has 0 aliphatic rings. The fourth-order valence-corrected chi connectivity index (χ4v) is 1.18. The molecule has 0 heterocycles. The monoisotopic (exact) mass is 229 g/mol. The van der Waals surface area contributed by atoms with Gasteiger partial charge in [0.15, 0.2) is 0 Å².